The van der Waals surface area contributed by atoms with Crippen molar-refractivity contribution in [3.05, 3.63) is 35.4 Å². The molecule has 0 saturated heterocycles. The number of hydrazine groups is 1. The van der Waals surface area contributed by atoms with E-state index in [-0.39, 0.29) is 11.8 Å². The zero-order valence-electron chi connectivity index (χ0n) is 13.4. The molecule has 6 heteroatoms. The summed E-state index contributed by atoms with van der Waals surface area (Å²) >= 11 is 0. The number of nitrogens with one attached hydrogen (secondary N) is 3. The van der Waals surface area contributed by atoms with E-state index in [9.17, 15) is 14.4 Å². The Hall–Kier alpha value is -2.37. The van der Waals surface area contributed by atoms with Crippen LogP contribution in [0, 0.1) is 5.92 Å². The molecule has 1 atom stereocenters. The molecule has 0 aliphatic heterocycles. The molecular weight excluding hydrogens is 282 g/mol. The van der Waals surface area contributed by atoms with Crippen LogP contribution in [-0.4, -0.2) is 23.8 Å². The van der Waals surface area contributed by atoms with Crippen LogP contribution in [0.4, 0.5) is 0 Å². The third-order valence-electron chi connectivity index (χ3n) is 3.23. The van der Waals surface area contributed by atoms with E-state index < -0.39 is 17.9 Å². The first-order valence-electron chi connectivity index (χ1n) is 7.31. The zero-order valence-corrected chi connectivity index (χ0v) is 13.4. The molecule has 0 aliphatic carbocycles. The van der Waals surface area contributed by atoms with Crippen molar-refractivity contribution in [2.75, 3.05) is 0 Å². The maximum atomic E-state index is 12.0. The van der Waals surface area contributed by atoms with E-state index in [1.165, 1.54) is 6.92 Å². The Morgan fingerprint density at radius 3 is 2.09 bits per heavy atom. The fraction of sp³-hybridized carbons (Fsp3) is 0.438. The van der Waals surface area contributed by atoms with Gasteiger partial charge in [-0.05, 0) is 30.0 Å². The Labute approximate surface area is 130 Å². The summed E-state index contributed by atoms with van der Waals surface area (Å²) in [6, 6.07) is 6.44. The van der Waals surface area contributed by atoms with Crippen molar-refractivity contribution in [3.8, 4) is 0 Å². The van der Waals surface area contributed by atoms with E-state index in [0.29, 0.717) is 5.56 Å². The first-order chi connectivity index (χ1) is 10.3. The molecule has 1 rings (SSSR count). The van der Waals surface area contributed by atoms with Gasteiger partial charge in [0.1, 0.15) is 6.04 Å². The fourth-order valence-electron chi connectivity index (χ4n) is 1.91. The summed E-state index contributed by atoms with van der Waals surface area (Å²) in [5, 5.41) is 2.56. The van der Waals surface area contributed by atoms with Gasteiger partial charge in [-0.15, -0.1) is 0 Å². The van der Waals surface area contributed by atoms with Crippen molar-refractivity contribution in [1.29, 1.82) is 0 Å². The summed E-state index contributed by atoms with van der Waals surface area (Å²) in [7, 11) is 0. The van der Waals surface area contributed by atoms with Crippen molar-refractivity contribution in [1.82, 2.24) is 16.2 Å². The van der Waals surface area contributed by atoms with Gasteiger partial charge in [-0.25, -0.2) is 0 Å². The van der Waals surface area contributed by atoms with Crippen molar-refractivity contribution in [3.63, 3.8) is 0 Å². The molecule has 3 N–H and O–H groups in total. The van der Waals surface area contributed by atoms with Crippen LogP contribution < -0.4 is 16.2 Å². The van der Waals surface area contributed by atoms with Crippen LogP contribution in [0.25, 0.3) is 0 Å². The predicted octanol–water partition coefficient (Wildman–Crippen LogP) is 1.17. The van der Waals surface area contributed by atoms with E-state index in [1.54, 1.807) is 12.1 Å². The first-order valence-corrected chi connectivity index (χ1v) is 7.31. The highest BCUT2D eigenvalue weighted by Gasteiger charge is 2.23. The molecule has 3 amide bonds. The minimum atomic E-state index is -0.694. The number of aryl methyl sites for hydroxylation is 1. The average Bonchev–Trinajstić information content (AvgIpc) is 2.49. The smallest absolute Gasteiger partial charge is 0.269 e. The van der Waals surface area contributed by atoms with Gasteiger partial charge in [-0.2, -0.15) is 0 Å². The molecule has 6 nitrogen and oxygen atoms in total. The lowest BCUT2D eigenvalue weighted by atomic mass is 10.0. The summed E-state index contributed by atoms with van der Waals surface area (Å²) in [4.78, 5) is 35.1. The van der Waals surface area contributed by atoms with Crippen LogP contribution in [0.1, 0.15) is 43.6 Å². The van der Waals surface area contributed by atoms with Crippen molar-refractivity contribution >= 4 is 17.7 Å². The molecular formula is C16H23N3O3. The summed E-state index contributed by atoms with van der Waals surface area (Å²) in [5.74, 6) is -1.25. The highest BCUT2D eigenvalue weighted by Crippen LogP contribution is 2.05. The van der Waals surface area contributed by atoms with Gasteiger partial charge < -0.3 is 5.32 Å². The number of hydrogen-bond acceptors (Lipinski definition) is 3. The van der Waals surface area contributed by atoms with Crippen LogP contribution in [0.3, 0.4) is 0 Å². The lowest BCUT2D eigenvalue weighted by molar-refractivity contribution is -0.129. The first kappa shape index (κ1) is 17.7. The molecule has 0 spiro atoms. The maximum absolute atomic E-state index is 12.0. The highest BCUT2D eigenvalue weighted by molar-refractivity contribution is 5.96. The Morgan fingerprint density at radius 2 is 1.64 bits per heavy atom. The number of rotatable bonds is 5. The average molecular weight is 305 g/mol. The second-order valence-electron chi connectivity index (χ2n) is 5.42. The summed E-state index contributed by atoms with van der Waals surface area (Å²) in [6.45, 7) is 7.00. The van der Waals surface area contributed by atoms with Gasteiger partial charge in [-0.1, -0.05) is 32.9 Å². The summed E-state index contributed by atoms with van der Waals surface area (Å²) in [6.07, 6.45) is 0.894. The highest BCUT2D eigenvalue weighted by atomic mass is 16.2. The van der Waals surface area contributed by atoms with Crippen LogP contribution >= 0.6 is 0 Å². The zero-order chi connectivity index (χ0) is 16.7. The molecule has 0 bridgehead atoms. The van der Waals surface area contributed by atoms with E-state index in [1.807, 2.05) is 32.9 Å². The van der Waals surface area contributed by atoms with E-state index >= 15 is 0 Å². The van der Waals surface area contributed by atoms with Gasteiger partial charge in [0.2, 0.25) is 5.91 Å². The van der Waals surface area contributed by atoms with Crippen LogP contribution in [0.5, 0.6) is 0 Å². The minimum Gasteiger partial charge on any atom is -0.344 e. The second-order valence-corrected chi connectivity index (χ2v) is 5.42. The van der Waals surface area contributed by atoms with Gasteiger partial charge in [0.05, 0.1) is 0 Å². The molecule has 0 radical (unpaired) electrons. The van der Waals surface area contributed by atoms with Gasteiger partial charge in [-0.3, -0.25) is 25.2 Å². The Bertz CT molecular complexity index is 538. The van der Waals surface area contributed by atoms with Crippen LogP contribution in [0.2, 0.25) is 0 Å². The monoisotopic (exact) mass is 305 g/mol. The van der Waals surface area contributed by atoms with Crippen LogP contribution in [0.15, 0.2) is 24.3 Å². The fourth-order valence-corrected chi connectivity index (χ4v) is 1.91. The Balaban J connectivity index is 2.60. The van der Waals surface area contributed by atoms with E-state index in [4.69, 9.17) is 0 Å². The number of benzene rings is 1. The van der Waals surface area contributed by atoms with E-state index in [2.05, 4.69) is 16.2 Å². The molecule has 0 saturated carbocycles. The quantitative estimate of drug-likeness (QED) is 0.714. The van der Waals surface area contributed by atoms with Gasteiger partial charge in [0.15, 0.2) is 0 Å². The molecule has 120 valence electrons. The topological polar surface area (TPSA) is 87.3 Å². The molecule has 1 aromatic rings. The third-order valence-corrected chi connectivity index (χ3v) is 3.23. The predicted molar refractivity (Wildman–Crippen MR) is 83.9 cm³/mol. The second kappa shape index (κ2) is 8.17. The summed E-state index contributed by atoms with van der Waals surface area (Å²) < 4.78 is 0. The standard InChI is InChI=1S/C16H23N3O3/c1-5-12-6-8-13(9-7-12)15(21)18-19-16(22)14(10(2)3)17-11(4)20/h6-10,14H,5H2,1-4H3,(H,17,20)(H,18,21)(H,19,22). The molecule has 1 aromatic carbocycles. The van der Waals surface area contributed by atoms with Crippen LogP contribution in [-0.2, 0) is 16.0 Å². The Kier molecular flexibility index (Phi) is 6.56. The largest absolute Gasteiger partial charge is 0.344 e. The Morgan fingerprint density at radius 1 is 1.05 bits per heavy atom. The molecule has 22 heavy (non-hydrogen) atoms. The molecule has 0 aromatic heterocycles. The molecule has 1 unspecified atom stereocenters. The number of carbonyl (C=O) groups is 3. The molecule has 0 fully saturated rings. The lowest BCUT2D eigenvalue weighted by Gasteiger charge is -2.21. The van der Waals surface area contributed by atoms with Crippen molar-refractivity contribution < 1.29 is 14.4 Å². The number of hydrogen-bond donors (Lipinski definition) is 3. The minimum absolute atomic E-state index is 0.0929. The normalized spacial score (nSPS) is 11.7. The van der Waals surface area contributed by atoms with E-state index in [0.717, 1.165) is 12.0 Å². The van der Waals surface area contributed by atoms with Crippen molar-refractivity contribution in [2.45, 2.75) is 40.2 Å². The third kappa shape index (κ3) is 5.20. The molecule has 0 aliphatic rings. The summed E-state index contributed by atoms with van der Waals surface area (Å²) in [5.41, 5.74) is 6.29. The van der Waals surface area contributed by atoms with Gasteiger partial charge in [0.25, 0.3) is 11.8 Å². The van der Waals surface area contributed by atoms with Gasteiger partial charge >= 0.3 is 0 Å². The lowest BCUT2D eigenvalue weighted by Crippen LogP contribution is -2.54. The molecule has 0 heterocycles. The van der Waals surface area contributed by atoms with Gasteiger partial charge in [0, 0.05) is 12.5 Å². The number of carbonyl (C=O) groups excluding carboxylic acids is 3. The number of amides is 3. The SMILES string of the molecule is CCc1ccc(C(=O)NNC(=O)C(NC(C)=O)C(C)C)cc1. The maximum Gasteiger partial charge on any atom is 0.269 e. The van der Waals surface area contributed by atoms with Crippen molar-refractivity contribution in [2.24, 2.45) is 5.92 Å².